The molecule has 0 unspecified atom stereocenters. The van der Waals surface area contributed by atoms with Crippen molar-refractivity contribution in [1.82, 2.24) is 14.8 Å². The van der Waals surface area contributed by atoms with Crippen molar-refractivity contribution in [2.24, 2.45) is 0 Å². The van der Waals surface area contributed by atoms with E-state index in [1.54, 1.807) is 43.8 Å². The maximum atomic E-state index is 13.0. The third-order valence-corrected chi connectivity index (χ3v) is 6.79. The third kappa shape index (κ3) is 4.74. The first-order chi connectivity index (χ1) is 16.0. The molecule has 0 saturated carbocycles. The molecule has 0 spiro atoms. The number of hydrogen-bond donors (Lipinski definition) is 0. The highest BCUT2D eigenvalue weighted by molar-refractivity contribution is 7.99. The number of nitrogens with zero attached hydrogens (tertiary/aromatic N) is 3. The highest BCUT2D eigenvalue weighted by atomic mass is 32.2. The molecule has 2 heterocycles. The summed E-state index contributed by atoms with van der Waals surface area (Å²) in [5.41, 5.74) is 2.39. The fraction of sp³-hybridized carbons (Fsp3) is 0.208. The molecule has 9 heteroatoms. The number of Topliss-reactive ketones (excluding diaryl/α,β-unsaturated/α-hetero) is 1. The number of thiophene rings is 1. The second-order valence-electron chi connectivity index (χ2n) is 7.07. The van der Waals surface area contributed by atoms with Crippen LogP contribution in [0.2, 0.25) is 0 Å². The maximum absolute atomic E-state index is 13.0. The zero-order valence-corrected chi connectivity index (χ0v) is 20.3. The van der Waals surface area contributed by atoms with Gasteiger partial charge in [0.05, 0.1) is 43.2 Å². The van der Waals surface area contributed by atoms with Crippen molar-refractivity contribution in [2.45, 2.75) is 12.1 Å². The molecule has 2 aromatic carbocycles. The van der Waals surface area contributed by atoms with Crippen molar-refractivity contribution in [1.29, 1.82) is 0 Å². The summed E-state index contributed by atoms with van der Waals surface area (Å²) in [6.07, 6.45) is 0. The number of carbonyl (C=O) groups is 1. The number of methoxy groups -OCH3 is 3. The van der Waals surface area contributed by atoms with E-state index in [1.165, 1.54) is 18.9 Å². The molecule has 0 bridgehead atoms. The standard InChI is InChI=1S/C24H23N3O4S2/c1-15-7-10-20(30-3)18(12-15)27-23(22-6-5-11-32-22)25-26-24(27)33-14-19(28)17-9-8-16(29-2)13-21(17)31-4/h5-13H,14H2,1-4H3. The van der Waals surface area contributed by atoms with Crippen LogP contribution in [-0.4, -0.2) is 47.6 Å². The zero-order chi connectivity index (χ0) is 23.4. The van der Waals surface area contributed by atoms with E-state index in [0.717, 1.165) is 16.1 Å². The number of aromatic nitrogens is 3. The average molecular weight is 482 g/mol. The van der Waals surface area contributed by atoms with Crippen LogP contribution < -0.4 is 14.2 Å². The molecule has 33 heavy (non-hydrogen) atoms. The van der Waals surface area contributed by atoms with Crippen molar-refractivity contribution in [3.8, 4) is 33.6 Å². The van der Waals surface area contributed by atoms with Crippen LogP contribution in [0, 0.1) is 6.92 Å². The van der Waals surface area contributed by atoms with Crippen LogP contribution in [-0.2, 0) is 0 Å². The Balaban J connectivity index is 1.70. The number of ether oxygens (including phenoxy) is 3. The number of carbonyl (C=O) groups excluding carboxylic acids is 1. The third-order valence-electron chi connectivity index (χ3n) is 4.99. The summed E-state index contributed by atoms with van der Waals surface area (Å²) in [5.74, 6) is 2.58. The van der Waals surface area contributed by atoms with Gasteiger partial charge in [-0.25, -0.2) is 0 Å². The van der Waals surface area contributed by atoms with Crippen LogP contribution in [0.4, 0.5) is 0 Å². The van der Waals surface area contributed by atoms with E-state index in [1.807, 2.05) is 47.2 Å². The van der Waals surface area contributed by atoms with Crippen molar-refractivity contribution in [2.75, 3.05) is 27.1 Å². The molecule has 4 aromatic rings. The Hall–Kier alpha value is -3.30. The summed E-state index contributed by atoms with van der Waals surface area (Å²) >= 11 is 2.90. The lowest BCUT2D eigenvalue weighted by Gasteiger charge is -2.14. The predicted molar refractivity (Wildman–Crippen MR) is 131 cm³/mol. The van der Waals surface area contributed by atoms with Crippen LogP contribution >= 0.6 is 23.1 Å². The topological polar surface area (TPSA) is 75.5 Å². The Kier molecular flexibility index (Phi) is 7.00. The van der Waals surface area contributed by atoms with Crippen LogP contribution in [0.3, 0.4) is 0 Å². The summed E-state index contributed by atoms with van der Waals surface area (Å²) in [4.78, 5) is 14.0. The minimum absolute atomic E-state index is 0.0806. The Morgan fingerprint density at radius 1 is 1.00 bits per heavy atom. The molecule has 0 radical (unpaired) electrons. The molecule has 0 atom stereocenters. The molecule has 0 saturated heterocycles. The molecule has 4 rings (SSSR count). The molecular weight excluding hydrogens is 458 g/mol. The fourth-order valence-corrected chi connectivity index (χ4v) is 4.88. The zero-order valence-electron chi connectivity index (χ0n) is 18.7. The highest BCUT2D eigenvalue weighted by Gasteiger charge is 2.22. The van der Waals surface area contributed by atoms with Gasteiger partial charge in [0.15, 0.2) is 16.8 Å². The smallest absolute Gasteiger partial charge is 0.196 e. The van der Waals surface area contributed by atoms with E-state index in [-0.39, 0.29) is 11.5 Å². The van der Waals surface area contributed by atoms with E-state index in [4.69, 9.17) is 14.2 Å². The molecule has 2 aromatic heterocycles. The van der Waals surface area contributed by atoms with Gasteiger partial charge < -0.3 is 14.2 Å². The van der Waals surface area contributed by atoms with Crippen LogP contribution in [0.25, 0.3) is 16.4 Å². The molecule has 0 aliphatic carbocycles. The van der Waals surface area contributed by atoms with Gasteiger partial charge in [-0.2, -0.15) is 0 Å². The molecule has 7 nitrogen and oxygen atoms in total. The SMILES string of the molecule is COc1ccc(C(=O)CSc2nnc(-c3cccs3)n2-c2cc(C)ccc2OC)c(OC)c1. The second-order valence-corrected chi connectivity index (χ2v) is 8.96. The Labute approximate surface area is 200 Å². The molecular formula is C24H23N3O4S2. The monoisotopic (exact) mass is 481 g/mol. The maximum Gasteiger partial charge on any atom is 0.196 e. The van der Waals surface area contributed by atoms with Gasteiger partial charge >= 0.3 is 0 Å². The van der Waals surface area contributed by atoms with Crippen molar-refractivity contribution in [3.63, 3.8) is 0 Å². The van der Waals surface area contributed by atoms with Gasteiger partial charge in [0.2, 0.25) is 0 Å². The summed E-state index contributed by atoms with van der Waals surface area (Å²) < 4.78 is 18.2. The Morgan fingerprint density at radius 2 is 1.82 bits per heavy atom. The lowest BCUT2D eigenvalue weighted by Crippen LogP contribution is -2.07. The fourth-order valence-electron chi connectivity index (χ4n) is 3.36. The molecule has 0 fully saturated rings. The summed E-state index contributed by atoms with van der Waals surface area (Å²) in [6.45, 7) is 2.02. The quantitative estimate of drug-likeness (QED) is 0.237. The average Bonchev–Trinajstić information content (AvgIpc) is 3.51. The number of hydrogen-bond acceptors (Lipinski definition) is 8. The van der Waals surface area contributed by atoms with Gasteiger partial charge in [-0.15, -0.1) is 21.5 Å². The number of rotatable bonds is 9. The van der Waals surface area contributed by atoms with E-state index in [0.29, 0.717) is 33.8 Å². The lowest BCUT2D eigenvalue weighted by molar-refractivity contribution is 0.101. The van der Waals surface area contributed by atoms with Gasteiger partial charge in [-0.1, -0.05) is 23.9 Å². The number of benzene rings is 2. The second kappa shape index (κ2) is 10.1. The van der Waals surface area contributed by atoms with E-state index >= 15 is 0 Å². The minimum atomic E-state index is -0.0806. The first kappa shape index (κ1) is 22.9. The van der Waals surface area contributed by atoms with E-state index in [9.17, 15) is 4.79 Å². The first-order valence-electron chi connectivity index (χ1n) is 10.1. The van der Waals surface area contributed by atoms with E-state index < -0.39 is 0 Å². The van der Waals surface area contributed by atoms with Crippen LogP contribution in [0.1, 0.15) is 15.9 Å². The molecule has 0 aliphatic heterocycles. The van der Waals surface area contributed by atoms with Gasteiger partial charge in [-0.3, -0.25) is 9.36 Å². The summed E-state index contributed by atoms with van der Waals surface area (Å²) in [6, 6.07) is 15.1. The van der Waals surface area contributed by atoms with Gasteiger partial charge in [-0.05, 0) is 48.2 Å². The number of ketones is 1. The first-order valence-corrected chi connectivity index (χ1v) is 11.9. The Morgan fingerprint density at radius 3 is 2.52 bits per heavy atom. The number of aryl methyl sites for hydroxylation is 1. The van der Waals surface area contributed by atoms with Crippen molar-refractivity contribution < 1.29 is 19.0 Å². The normalized spacial score (nSPS) is 10.8. The number of thioether (sulfide) groups is 1. The van der Waals surface area contributed by atoms with E-state index in [2.05, 4.69) is 10.2 Å². The van der Waals surface area contributed by atoms with Crippen LogP contribution in [0.5, 0.6) is 17.2 Å². The van der Waals surface area contributed by atoms with Gasteiger partial charge in [0.1, 0.15) is 17.2 Å². The Bertz CT molecular complexity index is 1270. The van der Waals surface area contributed by atoms with Gasteiger partial charge in [0, 0.05) is 6.07 Å². The molecule has 0 aliphatic rings. The van der Waals surface area contributed by atoms with Crippen molar-refractivity contribution in [3.05, 3.63) is 65.0 Å². The highest BCUT2D eigenvalue weighted by Crippen LogP contribution is 2.35. The summed E-state index contributed by atoms with van der Waals surface area (Å²) in [7, 11) is 4.74. The molecule has 0 amide bonds. The molecule has 170 valence electrons. The van der Waals surface area contributed by atoms with Crippen LogP contribution in [0.15, 0.2) is 59.1 Å². The lowest BCUT2D eigenvalue weighted by atomic mass is 10.1. The summed E-state index contributed by atoms with van der Waals surface area (Å²) in [5, 5.41) is 11.4. The predicted octanol–water partition coefficient (Wildman–Crippen LogP) is 5.31. The molecule has 0 N–H and O–H groups in total. The minimum Gasteiger partial charge on any atom is -0.497 e. The van der Waals surface area contributed by atoms with Gasteiger partial charge in [0.25, 0.3) is 0 Å². The largest absolute Gasteiger partial charge is 0.497 e. The van der Waals surface area contributed by atoms with Crippen molar-refractivity contribution >= 4 is 28.9 Å².